The van der Waals surface area contributed by atoms with E-state index in [1.54, 1.807) is 12.3 Å². The van der Waals surface area contributed by atoms with E-state index in [0.29, 0.717) is 18.0 Å². The van der Waals surface area contributed by atoms with Crippen molar-refractivity contribution in [1.82, 2.24) is 20.4 Å². The molecule has 0 fully saturated rings. The van der Waals surface area contributed by atoms with Gasteiger partial charge in [-0.05, 0) is 34.6 Å². The molecular formula is C21H24N4O2S. The molecule has 0 unspecified atom stereocenters. The number of nitrogens with one attached hydrogen (secondary N) is 2. The SMILES string of the molecule is CC(C)[C@H](NC(=O)c1cccs1)C(=O)NCc1ccccc1Cn1cccn1. The molecule has 0 aliphatic rings. The van der Waals surface area contributed by atoms with E-state index < -0.39 is 6.04 Å². The molecule has 0 radical (unpaired) electrons. The Kier molecular flexibility index (Phi) is 6.60. The van der Waals surface area contributed by atoms with Crippen molar-refractivity contribution in [3.8, 4) is 0 Å². The lowest BCUT2D eigenvalue weighted by molar-refractivity contribution is -0.124. The highest BCUT2D eigenvalue weighted by Crippen LogP contribution is 2.12. The van der Waals surface area contributed by atoms with Crippen LogP contribution in [0.4, 0.5) is 0 Å². The Balaban J connectivity index is 1.64. The van der Waals surface area contributed by atoms with Gasteiger partial charge in [0.15, 0.2) is 0 Å². The van der Waals surface area contributed by atoms with Crippen LogP contribution < -0.4 is 10.6 Å². The van der Waals surface area contributed by atoms with E-state index in [-0.39, 0.29) is 17.7 Å². The molecule has 0 bridgehead atoms. The van der Waals surface area contributed by atoms with Crippen molar-refractivity contribution in [3.63, 3.8) is 0 Å². The molecule has 0 saturated carbocycles. The molecule has 0 aliphatic carbocycles. The van der Waals surface area contributed by atoms with Crippen LogP contribution in [0.15, 0.2) is 60.2 Å². The van der Waals surface area contributed by atoms with Gasteiger partial charge < -0.3 is 10.6 Å². The van der Waals surface area contributed by atoms with E-state index in [4.69, 9.17) is 0 Å². The first-order valence-corrected chi connectivity index (χ1v) is 10.1. The summed E-state index contributed by atoms with van der Waals surface area (Å²) in [6.45, 7) is 4.88. The molecule has 2 amide bonds. The first-order valence-electron chi connectivity index (χ1n) is 9.21. The van der Waals surface area contributed by atoms with Gasteiger partial charge in [-0.15, -0.1) is 11.3 Å². The van der Waals surface area contributed by atoms with Crippen LogP contribution in [0.5, 0.6) is 0 Å². The summed E-state index contributed by atoms with van der Waals surface area (Å²) in [6, 6.07) is 12.8. The lowest BCUT2D eigenvalue weighted by Crippen LogP contribution is -2.49. The monoisotopic (exact) mass is 396 g/mol. The predicted molar refractivity (Wildman–Crippen MR) is 110 cm³/mol. The molecule has 0 spiro atoms. The Morgan fingerprint density at radius 3 is 2.54 bits per heavy atom. The number of rotatable bonds is 8. The Morgan fingerprint density at radius 2 is 1.89 bits per heavy atom. The maximum Gasteiger partial charge on any atom is 0.262 e. The summed E-state index contributed by atoms with van der Waals surface area (Å²) in [6.07, 6.45) is 3.65. The molecule has 146 valence electrons. The van der Waals surface area contributed by atoms with Gasteiger partial charge in [0.25, 0.3) is 5.91 Å². The van der Waals surface area contributed by atoms with Gasteiger partial charge in [-0.25, -0.2) is 0 Å². The largest absolute Gasteiger partial charge is 0.350 e. The number of benzene rings is 1. The number of nitrogens with zero attached hydrogens (tertiary/aromatic N) is 2. The summed E-state index contributed by atoms with van der Waals surface area (Å²) < 4.78 is 1.85. The lowest BCUT2D eigenvalue weighted by atomic mass is 10.0. The van der Waals surface area contributed by atoms with E-state index in [0.717, 1.165) is 11.1 Å². The van der Waals surface area contributed by atoms with E-state index >= 15 is 0 Å². The van der Waals surface area contributed by atoms with Crippen LogP contribution in [0.1, 0.15) is 34.6 Å². The van der Waals surface area contributed by atoms with Crippen molar-refractivity contribution >= 4 is 23.2 Å². The van der Waals surface area contributed by atoms with Crippen molar-refractivity contribution in [2.24, 2.45) is 5.92 Å². The lowest BCUT2D eigenvalue weighted by Gasteiger charge is -2.22. The van der Waals surface area contributed by atoms with Gasteiger partial charge in [-0.3, -0.25) is 14.3 Å². The molecule has 1 atom stereocenters. The smallest absolute Gasteiger partial charge is 0.262 e. The van der Waals surface area contributed by atoms with E-state index in [9.17, 15) is 9.59 Å². The first-order chi connectivity index (χ1) is 13.5. The molecule has 0 aliphatic heterocycles. The summed E-state index contributed by atoms with van der Waals surface area (Å²) in [5.74, 6) is -0.431. The second-order valence-electron chi connectivity index (χ2n) is 6.86. The average molecular weight is 397 g/mol. The normalized spacial score (nSPS) is 12.0. The van der Waals surface area contributed by atoms with Gasteiger partial charge in [0, 0.05) is 18.9 Å². The Hall–Kier alpha value is -2.93. The van der Waals surface area contributed by atoms with Crippen LogP contribution in [0.2, 0.25) is 0 Å². The van der Waals surface area contributed by atoms with Crippen molar-refractivity contribution < 1.29 is 9.59 Å². The molecule has 1 aromatic carbocycles. The fraction of sp³-hybridized carbons (Fsp3) is 0.286. The highest BCUT2D eigenvalue weighted by atomic mass is 32.1. The molecule has 0 saturated heterocycles. The molecule has 6 nitrogen and oxygen atoms in total. The average Bonchev–Trinajstić information content (AvgIpc) is 3.38. The zero-order valence-electron chi connectivity index (χ0n) is 16.0. The zero-order valence-corrected chi connectivity index (χ0v) is 16.8. The summed E-state index contributed by atoms with van der Waals surface area (Å²) in [5, 5.41) is 11.9. The van der Waals surface area contributed by atoms with Crippen LogP contribution in [0, 0.1) is 5.92 Å². The molecule has 2 aromatic heterocycles. The topological polar surface area (TPSA) is 76.0 Å². The number of carbonyl (C=O) groups excluding carboxylic acids is 2. The highest BCUT2D eigenvalue weighted by Gasteiger charge is 2.25. The fourth-order valence-electron chi connectivity index (χ4n) is 2.90. The highest BCUT2D eigenvalue weighted by molar-refractivity contribution is 7.12. The summed E-state index contributed by atoms with van der Waals surface area (Å²) in [7, 11) is 0. The number of aromatic nitrogens is 2. The van der Waals surface area contributed by atoms with E-state index in [1.807, 2.05) is 66.5 Å². The van der Waals surface area contributed by atoms with Crippen molar-refractivity contribution in [2.45, 2.75) is 33.0 Å². The maximum atomic E-state index is 12.8. The van der Waals surface area contributed by atoms with Crippen molar-refractivity contribution in [1.29, 1.82) is 0 Å². The summed E-state index contributed by atoms with van der Waals surface area (Å²) in [4.78, 5) is 25.7. The van der Waals surface area contributed by atoms with Crippen LogP contribution >= 0.6 is 11.3 Å². The van der Waals surface area contributed by atoms with Gasteiger partial charge >= 0.3 is 0 Å². The molecule has 3 rings (SSSR count). The minimum absolute atomic E-state index is 0.0248. The number of thiophene rings is 1. The van der Waals surface area contributed by atoms with Gasteiger partial charge in [-0.2, -0.15) is 5.10 Å². The summed E-state index contributed by atoms with van der Waals surface area (Å²) in [5.41, 5.74) is 2.12. The van der Waals surface area contributed by atoms with Crippen LogP contribution in [0.3, 0.4) is 0 Å². The van der Waals surface area contributed by atoms with Crippen LogP contribution in [-0.2, 0) is 17.9 Å². The Bertz CT molecular complexity index is 904. The Labute approximate surface area is 168 Å². The predicted octanol–water partition coefficient (Wildman–Crippen LogP) is 3.06. The van der Waals surface area contributed by atoms with Gasteiger partial charge in [-0.1, -0.05) is 44.2 Å². The second-order valence-corrected chi connectivity index (χ2v) is 7.81. The molecule has 3 aromatic rings. The zero-order chi connectivity index (χ0) is 19.9. The molecule has 28 heavy (non-hydrogen) atoms. The number of carbonyl (C=O) groups is 2. The van der Waals surface area contributed by atoms with E-state index in [1.165, 1.54) is 11.3 Å². The van der Waals surface area contributed by atoms with E-state index in [2.05, 4.69) is 15.7 Å². The number of hydrogen-bond donors (Lipinski definition) is 2. The van der Waals surface area contributed by atoms with Gasteiger partial charge in [0.05, 0.1) is 11.4 Å². The summed E-state index contributed by atoms with van der Waals surface area (Å²) >= 11 is 1.36. The standard InChI is InChI=1S/C21H24N4O2S/c1-15(2)19(24-20(26)18-9-5-12-28-18)21(27)22-13-16-7-3-4-8-17(16)14-25-11-6-10-23-25/h3-12,15,19H,13-14H2,1-2H3,(H,22,27)(H,24,26)/t19-/m0/s1. The molecule has 2 heterocycles. The van der Waals surface area contributed by atoms with Gasteiger partial charge in [0.1, 0.15) is 6.04 Å². The minimum atomic E-state index is -0.590. The quantitative estimate of drug-likeness (QED) is 0.614. The Morgan fingerprint density at radius 1 is 1.11 bits per heavy atom. The molecule has 7 heteroatoms. The third-order valence-corrected chi connectivity index (χ3v) is 5.31. The fourth-order valence-corrected chi connectivity index (χ4v) is 3.53. The number of amides is 2. The maximum absolute atomic E-state index is 12.8. The van der Waals surface area contributed by atoms with Crippen molar-refractivity contribution in [2.75, 3.05) is 0 Å². The van der Waals surface area contributed by atoms with Crippen LogP contribution in [-0.4, -0.2) is 27.6 Å². The number of hydrogen-bond acceptors (Lipinski definition) is 4. The molecule has 2 N–H and O–H groups in total. The third kappa shape index (κ3) is 5.07. The van der Waals surface area contributed by atoms with Crippen LogP contribution in [0.25, 0.3) is 0 Å². The minimum Gasteiger partial charge on any atom is -0.350 e. The second kappa shape index (κ2) is 9.32. The van der Waals surface area contributed by atoms with Crippen molar-refractivity contribution in [3.05, 3.63) is 76.2 Å². The first kappa shape index (κ1) is 19.8. The molecular weight excluding hydrogens is 372 g/mol. The van der Waals surface area contributed by atoms with Gasteiger partial charge in [0.2, 0.25) is 5.91 Å². The third-order valence-electron chi connectivity index (χ3n) is 4.44.